The lowest BCUT2D eigenvalue weighted by Crippen LogP contribution is -1.97. The standard InChI is InChI=1S/C16H11Cl2NO/c17-14-5-3-6-15(18)13(14)10-20-12-8-11-4-1-2-7-16(11)19-9-12/h1-9H,10H2. The van der Waals surface area contributed by atoms with E-state index in [4.69, 9.17) is 27.9 Å². The van der Waals surface area contributed by atoms with Crippen LogP contribution in [0.5, 0.6) is 5.75 Å². The van der Waals surface area contributed by atoms with Crippen LogP contribution >= 0.6 is 23.2 Å². The molecule has 2 nitrogen and oxygen atoms in total. The third-order valence-electron chi connectivity index (χ3n) is 3.01. The van der Waals surface area contributed by atoms with Crippen LogP contribution in [0.15, 0.2) is 54.7 Å². The molecule has 0 aliphatic heterocycles. The molecule has 0 N–H and O–H groups in total. The molecule has 0 bridgehead atoms. The van der Waals surface area contributed by atoms with E-state index >= 15 is 0 Å². The molecule has 0 amide bonds. The van der Waals surface area contributed by atoms with Crippen molar-refractivity contribution in [2.45, 2.75) is 6.61 Å². The lowest BCUT2D eigenvalue weighted by Gasteiger charge is -2.09. The summed E-state index contributed by atoms with van der Waals surface area (Å²) in [6, 6.07) is 15.2. The molecule has 0 spiro atoms. The number of halogens is 2. The van der Waals surface area contributed by atoms with Crippen molar-refractivity contribution in [3.63, 3.8) is 0 Å². The number of hydrogen-bond donors (Lipinski definition) is 0. The normalized spacial score (nSPS) is 10.7. The van der Waals surface area contributed by atoms with Crippen molar-refractivity contribution in [2.24, 2.45) is 0 Å². The highest BCUT2D eigenvalue weighted by atomic mass is 35.5. The van der Waals surface area contributed by atoms with Crippen molar-refractivity contribution in [3.8, 4) is 5.75 Å². The molecule has 3 aromatic rings. The van der Waals surface area contributed by atoms with E-state index in [2.05, 4.69) is 4.98 Å². The molecule has 100 valence electrons. The first-order valence-electron chi connectivity index (χ1n) is 6.14. The van der Waals surface area contributed by atoms with Crippen LogP contribution in [-0.4, -0.2) is 4.98 Å². The summed E-state index contributed by atoms with van der Waals surface area (Å²) >= 11 is 12.2. The van der Waals surface area contributed by atoms with E-state index in [9.17, 15) is 0 Å². The fourth-order valence-corrected chi connectivity index (χ4v) is 2.46. The Labute approximate surface area is 126 Å². The Morgan fingerprint density at radius 2 is 1.70 bits per heavy atom. The molecular weight excluding hydrogens is 293 g/mol. The quantitative estimate of drug-likeness (QED) is 0.670. The third-order valence-corrected chi connectivity index (χ3v) is 3.72. The number of para-hydroxylation sites is 1. The first-order valence-corrected chi connectivity index (χ1v) is 6.90. The van der Waals surface area contributed by atoms with Crippen molar-refractivity contribution in [2.75, 3.05) is 0 Å². The van der Waals surface area contributed by atoms with Gasteiger partial charge in [0.15, 0.2) is 0 Å². The largest absolute Gasteiger partial charge is 0.487 e. The Kier molecular flexibility index (Phi) is 3.77. The lowest BCUT2D eigenvalue weighted by atomic mass is 10.2. The molecule has 20 heavy (non-hydrogen) atoms. The Balaban J connectivity index is 1.83. The molecule has 1 heterocycles. The zero-order valence-corrected chi connectivity index (χ0v) is 12.0. The number of pyridine rings is 1. The second-order valence-electron chi connectivity index (χ2n) is 4.35. The van der Waals surface area contributed by atoms with Gasteiger partial charge in [-0.05, 0) is 24.3 Å². The summed E-state index contributed by atoms with van der Waals surface area (Å²) in [7, 11) is 0. The van der Waals surface area contributed by atoms with Gasteiger partial charge in [0, 0.05) is 21.0 Å². The molecular formula is C16H11Cl2NO. The smallest absolute Gasteiger partial charge is 0.138 e. The number of hydrogen-bond acceptors (Lipinski definition) is 2. The number of rotatable bonds is 3. The summed E-state index contributed by atoms with van der Waals surface area (Å²) < 4.78 is 5.73. The first-order chi connectivity index (χ1) is 9.74. The molecule has 0 fully saturated rings. The number of ether oxygens (including phenoxy) is 1. The molecule has 4 heteroatoms. The summed E-state index contributed by atoms with van der Waals surface area (Å²) in [5.74, 6) is 0.694. The Morgan fingerprint density at radius 1 is 0.950 bits per heavy atom. The summed E-state index contributed by atoms with van der Waals surface area (Å²) in [6.07, 6.45) is 1.70. The predicted molar refractivity (Wildman–Crippen MR) is 82.5 cm³/mol. The van der Waals surface area contributed by atoms with E-state index in [1.165, 1.54) is 0 Å². The lowest BCUT2D eigenvalue weighted by molar-refractivity contribution is 0.305. The van der Waals surface area contributed by atoms with Crippen molar-refractivity contribution in [1.29, 1.82) is 0 Å². The number of benzene rings is 2. The molecule has 0 aliphatic carbocycles. The van der Waals surface area contributed by atoms with E-state index in [-0.39, 0.29) is 0 Å². The van der Waals surface area contributed by atoms with Gasteiger partial charge in [-0.3, -0.25) is 4.98 Å². The molecule has 0 unspecified atom stereocenters. The minimum atomic E-state index is 0.318. The zero-order chi connectivity index (χ0) is 13.9. The third kappa shape index (κ3) is 2.72. The van der Waals surface area contributed by atoms with E-state index in [1.54, 1.807) is 18.3 Å². The van der Waals surface area contributed by atoms with Crippen LogP contribution in [0, 0.1) is 0 Å². The highest BCUT2D eigenvalue weighted by molar-refractivity contribution is 6.35. The predicted octanol–water partition coefficient (Wildman–Crippen LogP) is 5.12. The van der Waals surface area contributed by atoms with E-state index < -0.39 is 0 Å². The number of aromatic nitrogens is 1. The van der Waals surface area contributed by atoms with Gasteiger partial charge in [0.2, 0.25) is 0 Å². The van der Waals surface area contributed by atoms with Gasteiger partial charge in [-0.25, -0.2) is 0 Å². The van der Waals surface area contributed by atoms with Crippen molar-refractivity contribution in [3.05, 3.63) is 70.3 Å². The number of fused-ring (bicyclic) bond motifs is 1. The maximum atomic E-state index is 6.11. The van der Waals surface area contributed by atoms with Gasteiger partial charge < -0.3 is 4.74 Å². The first kappa shape index (κ1) is 13.2. The van der Waals surface area contributed by atoms with Gasteiger partial charge in [-0.15, -0.1) is 0 Å². The Bertz CT molecular complexity index is 738. The highest BCUT2D eigenvalue weighted by Crippen LogP contribution is 2.26. The Hall–Kier alpha value is -1.77. The van der Waals surface area contributed by atoms with Gasteiger partial charge in [0.1, 0.15) is 12.4 Å². The summed E-state index contributed by atoms with van der Waals surface area (Å²) in [6.45, 7) is 0.318. The summed E-state index contributed by atoms with van der Waals surface area (Å²) in [4.78, 5) is 4.35. The van der Waals surface area contributed by atoms with E-state index in [0.717, 1.165) is 16.5 Å². The van der Waals surface area contributed by atoms with Crippen LogP contribution in [0.25, 0.3) is 10.9 Å². The van der Waals surface area contributed by atoms with Gasteiger partial charge in [-0.1, -0.05) is 47.5 Å². The average Bonchev–Trinajstić information content (AvgIpc) is 2.46. The van der Waals surface area contributed by atoms with Gasteiger partial charge in [0.05, 0.1) is 11.7 Å². The minimum absolute atomic E-state index is 0.318. The molecule has 0 saturated heterocycles. The Morgan fingerprint density at radius 3 is 2.50 bits per heavy atom. The maximum absolute atomic E-state index is 6.11. The highest BCUT2D eigenvalue weighted by Gasteiger charge is 2.06. The number of nitrogens with zero attached hydrogens (tertiary/aromatic N) is 1. The van der Waals surface area contributed by atoms with Crippen molar-refractivity contribution < 1.29 is 4.74 Å². The molecule has 0 saturated carbocycles. The van der Waals surface area contributed by atoms with Crippen LogP contribution in [0.3, 0.4) is 0 Å². The molecule has 3 rings (SSSR count). The van der Waals surface area contributed by atoms with Crippen LogP contribution < -0.4 is 4.74 Å². The average molecular weight is 304 g/mol. The van der Waals surface area contributed by atoms with Crippen LogP contribution in [-0.2, 0) is 6.61 Å². The van der Waals surface area contributed by atoms with Gasteiger partial charge in [0.25, 0.3) is 0 Å². The van der Waals surface area contributed by atoms with E-state index in [1.807, 2.05) is 36.4 Å². The monoisotopic (exact) mass is 303 g/mol. The fourth-order valence-electron chi connectivity index (χ4n) is 1.96. The molecule has 1 aromatic heterocycles. The van der Waals surface area contributed by atoms with Crippen molar-refractivity contribution in [1.82, 2.24) is 4.98 Å². The van der Waals surface area contributed by atoms with Crippen LogP contribution in [0.1, 0.15) is 5.56 Å². The summed E-state index contributed by atoms with van der Waals surface area (Å²) in [5, 5.41) is 2.24. The van der Waals surface area contributed by atoms with Gasteiger partial charge in [-0.2, -0.15) is 0 Å². The fraction of sp³-hybridized carbons (Fsp3) is 0.0625. The molecule has 2 aromatic carbocycles. The second kappa shape index (κ2) is 5.70. The van der Waals surface area contributed by atoms with Crippen LogP contribution in [0.2, 0.25) is 10.0 Å². The minimum Gasteiger partial charge on any atom is -0.487 e. The van der Waals surface area contributed by atoms with Gasteiger partial charge >= 0.3 is 0 Å². The SMILES string of the molecule is Clc1cccc(Cl)c1COc1cnc2ccccc2c1. The zero-order valence-electron chi connectivity index (χ0n) is 10.5. The molecule has 0 aliphatic rings. The maximum Gasteiger partial charge on any atom is 0.138 e. The summed E-state index contributed by atoms with van der Waals surface area (Å²) in [5.41, 5.74) is 1.72. The van der Waals surface area contributed by atoms with E-state index in [0.29, 0.717) is 22.4 Å². The van der Waals surface area contributed by atoms with Crippen molar-refractivity contribution >= 4 is 34.1 Å². The molecule has 0 radical (unpaired) electrons. The molecule has 0 atom stereocenters. The van der Waals surface area contributed by atoms with Crippen LogP contribution in [0.4, 0.5) is 0 Å². The second-order valence-corrected chi connectivity index (χ2v) is 5.17. The topological polar surface area (TPSA) is 22.1 Å².